The zero-order chi connectivity index (χ0) is 26.8. The molecule has 2 nitrogen and oxygen atoms in total. The lowest BCUT2D eigenvalue weighted by molar-refractivity contribution is -0.132. The Kier molecular flexibility index (Phi) is 8.05. The third-order valence-electron chi connectivity index (χ3n) is 9.44. The molecule has 5 rings (SSSR count). The molecule has 1 fully saturated rings. The topological polar surface area (TPSA) is 26.3 Å². The fraction of sp³-hybridized carbons (Fsp3) is 0.457. The number of allylic oxidation sites excluding steroid dienone is 4. The van der Waals surface area contributed by atoms with Crippen LogP contribution in [-0.2, 0) is 4.79 Å². The van der Waals surface area contributed by atoms with Gasteiger partial charge in [-0.3, -0.25) is 4.79 Å². The second-order valence-electron chi connectivity index (χ2n) is 12.0. The number of rotatable bonds is 8. The molecule has 3 heteroatoms. The molecule has 3 atom stereocenters. The number of benzene rings is 2. The number of ketones is 1. The summed E-state index contributed by atoms with van der Waals surface area (Å²) in [6, 6.07) is 18.8. The number of thioether (sulfide) groups is 1. The number of hydrogen-bond donors (Lipinski definition) is 0. The van der Waals surface area contributed by atoms with Gasteiger partial charge in [-0.1, -0.05) is 86.1 Å². The van der Waals surface area contributed by atoms with Gasteiger partial charge in [0, 0.05) is 22.5 Å². The van der Waals surface area contributed by atoms with Crippen molar-refractivity contribution in [3.05, 3.63) is 89.0 Å². The van der Waals surface area contributed by atoms with Crippen LogP contribution in [-0.4, -0.2) is 18.6 Å². The lowest BCUT2D eigenvalue weighted by atomic mass is 9.53. The van der Waals surface area contributed by atoms with Gasteiger partial charge in [0.25, 0.3) is 0 Å². The second-order valence-corrected chi connectivity index (χ2v) is 13.1. The molecule has 0 aromatic heterocycles. The van der Waals surface area contributed by atoms with Crippen molar-refractivity contribution >= 4 is 23.6 Å². The van der Waals surface area contributed by atoms with Gasteiger partial charge in [-0.15, -0.1) is 11.8 Å². The SMILES string of the molecule is COc1ccc(/C=C/C[C@@]23CC[C@@]4(C)CCC(C(C)C)=C4[C@H]2CC=C(CSc2ccccc2)CC3=O)cc1. The first kappa shape index (κ1) is 27.1. The third-order valence-corrected chi connectivity index (χ3v) is 10.6. The summed E-state index contributed by atoms with van der Waals surface area (Å²) >= 11 is 1.86. The lowest BCUT2D eigenvalue weighted by Crippen LogP contribution is -2.46. The fourth-order valence-corrected chi connectivity index (χ4v) is 8.14. The highest BCUT2D eigenvalue weighted by Gasteiger charge is 2.56. The summed E-state index contributed by atoms with van der Waals surface area (Å²) < 4.78 is 5.32. The van der Waals surface area contributed by atoms with Gasteiger partial charge in [0.15, 0.2) is 0 Å². The van der Waals surface area contributed by atoms with E-state index in [2.05, 4.69) is 81.5 Å². The van der Waals surface area contributed by atoms with E-state index in [0.717, 1.165) is 42.7 Å². The number of carbonyl (C=O) groups excluding carboxylic acids is 1. The van der Waals surface area contributed by atoms with Crippen molar-refractivity contribution in [2.45, 2.75) is 70.6 Å². The normalized spacial score (nSPS) is 27.3. The minimum atomic E-state index is -0.308. The molecule has 0 heterocycles. The van der Waals surface area contributed by atoms with E-state index in [1.807, 2.05) is 23.9 Å². The molecule has 0 bridgehead atoms. The molecular formula is C35H42O2S. The molecule has 3 aliphatic rings. The fourth-order valence-electron chi connectivity index (χ4n) is 7.22. The minimum Gasteiger partial charge on any atom is -0.497 e. The van der Waals surface area contributed by atoms with Crippen LogP contribution in [0.2, 0.25) is 0 Å². The molecule has 0 unspecified atom stereocenters. The van der Waals surface area contributed by atoms with E-state index < -0.39 is 0 Å². The van der Waals surface area contributed by atoms with E-state index in [1.165, 1.54) is 23.3 Å². The molecule has 38 heavy (non-hydrogen) atoms. The number of Topliss-reactive ketones (excluding diaryl/α,β-unsaturated/α-hetero) is 1. The van der Waals surface area contributed by atoms with E-state index >= 15 is 0 Å². The van der Waals surface area contributed by atoms with E-state index in [-0.39, 0.29) is 10.8 Å². The summed E-state index contributed by atoms with van der Waals surface area (Å²) in [4.78, 5) is 15.6. The highest BCUT2D eigenvalue weighted by atomic mass is 32.2. The summed E-state index contributed by atoms with van der Waals surface area (Å²) in [6.07, 6.45) is 13.9. The highest BCUT2D eigenvalue weighted by Crippen LogP contribution is 2.63. The summed E-state index contributed by atoms with van der Waals surface area (Å²) in [6.45, 7) is 7.19. The molecular weight excluding hydrogens is 484 g/mol. The van der Waals surface area contributed by atoms with E-state index in [0.29, 0.717) is 24.0 Å². The van der Waals surface area contributed by atoms with Gasteiger partial charge >= 0.3 is 0 Å². The van der Waals surface area contributed by atoms with Gasteiger partial charge < -0.3 is 4.74 Å². The standard InChI is InChI=1S/C35H42O2S/c1-25(2)30-18-20-34(3)21-22-35(19-8-9-26-12-15-28(37-4)16-13-26)31(33(30)34)17-14-27(23-32(35)36)24-38-29-10-6-5-7-11-29/h5-16,25,31H,17-24H2,1-4H3/b9-8+/t31-,34-,35-/m1/s1. The Bertz CT molecular complexity index is 1240. The van der Waals surface area contributed by atoms with Crippen LogP contribution in [0.25, 0.3) is 6.08 Å². The van der Waals surface area contributed by atoms with Crippen LogP contribution >= 0.6 is 11.8 Å². The number of methoxy groups -OCH3 is 1. The molecule has 3 aliphatic carbocycles. The molecule has 2 aromatic rings. The molecule has 1 saturated carbocycles. The largest absolute Gasteiger partial charge is 0.497 e. The van der Waals surface area contributed by atoms with Crippen molar-refractivity contribution in [2.24, 2.45) is 22.7 Å². The van der Waals surface area contributed by atoms with Crippen LogP contribution in [0.15, 0.2) is 88.4 Å². The average Bonchev–Trinajstić information content (AvgIpc) is 3.22. The van der Waals surface area contributed by atoms with Crippen LogP contribution in [0, 0.1) is 22.7 Å². The van der Waals surface area contributed by atoms with E-state index in [4.69, 9.17) is 4.74 Å². The average molecular weight is 527 g/mol. The quantitative estimate of drug-likeness (QED) is 0.253. The van der Waals surface area contributed by atoms with E-state index in [9.17, 15) is 4.79 Å². The van der Waals surface area contributed by atoms with Gasteiger partial charge in [0.05, 0.1) is 7.11 Å². The summed E-state index contributed by atoms with van der Waals surface area (Å²) in [5.41, 5.74) is 5.70. The Morgan fingerprint density at radius 1 is 1.05 bits per heavy atom. The van der Waals surface area contributed by atoms with Crippen molar-refractivity contribution in [3.8, 4) is 5.75 Å². The van der Waals surface area contributed by atoms with Crippen LogP contribution in [0.3, 0.4) is 0 Å². The lowest BCUT2D eigenvalue weighted by Gasteiger charge is -2.50. The number of fused-ring (bicyclic) bond motifs is 3. The van der Waals surface area contributed by atoms with Crippen molar-refractivity contribution < 1.29 is 9.53 Å². The first-order valence-corrected chi connectivity index (χ1v) is 15.3. The molecule has 200 valence electrons. The number of ether oxygens (including phenoxy) is 1. The van der Waals surface area contributed by atoms with Gasteiger partial charge in [-0.25, -0.2) is 0 Å². The predicted molar refractivity (Wildman–Crippen MR) is 160 cm³/mol. The first-order chi connectivity index (χ1) is 18.3. The minimum absolute atomic E-state index is 0.255. The Hall–Kier alpha value is -2.52. The van der Waals surface area contributed by atoms with Crippen LogP contribution in [0.4, 0.5) is 0 Å². The summed E-state index contributed by atoms with van der Waals surface area (Å²) in [5, 5.41) is 0. The Balaban J connectivity index is 1.46. The van der Waals surface area contributed by atoms with Gasteiger partial charge in [-0.05, 0) is 85.6 Å². The van der Waals surface area contributed by atoms with Crippen molar-refractivity contribution in [2.75, 3.05) is 12.9 Å². The molecule has 0 spiro atoms. The van der Waals surface area contributed by atoms with Crippen molar-refractivity contribution in [3.63, 3.8) is 0 Å². The van der Waals surface area contributed by atoms with Gasteiger partial charge in [-0.2, -0.15) is 0 Å². The second kappa shape index (κ2) is 11.3. The highest BCUT2D eigenvalue weighted by molar-refractivity contribution is 7.99. The van der Waals surface area contributed by atoms with Crippen molar-refractivity contribution in [1.82, 2.24) is 0 Å². The van der Waals surface area contributed by atoms with Crippen LogP contribution in [0.5, 0.6) is 5.75 Å². The summed E-state index contributed by atoms with van der Waals surface area (Å²) in [5.74, 6) is 3.09. The Labute approximate surface area is 233 Å². The molecule has 0 radical (unpaired) electrons. The number of carbonyl (C=O) groups is 1. The molecule has 0 N–H and O–H groups in total. The van der Waals surface area contributed by atoms with Crippen molar-refractivity contribution in [1.29, 1.82) is 0 Å². The zero-order valence-corrected chi connectivity index (χ0v) is 24.3. The Morgan fingerprint density at radius 3 is 2.53 bits per heavy atom. The Morgan fingerprint density at radius 2 is 1.82 bits per heavy atom. The molecule has 0 amide bonds. The maximum absolute atomic E-state index is 14.4. The maximum Gasteiger partial charge on any atom is 0.144 e. The number of hydrogen-bond acceptors (Lipinski definition) is 3. The van der Waals surface area contributed by atoms with Gasteiger partial charge in [0.2, 0.25) is 0 Å². The smallest absolute Gasteiger partial charge is 0.144 e. The molecule has 0 aliphatic heterocycles. The third kappa shape index (κ3) is 5.32. The molecule has 0 saturated heterocycles. The predicted octanol–water partition coefficient (Wildman–Crippen LogP) is 9.33. The molecule has 2 aromatic carbocycles. The van der Waals surface area contributed by atoms with E-state index in [1.54, 1.807) is 18.3 Å². The van der Waals surface area contributed by atoms with Crippen LogP contribution < -0.4 is 4.74 Å². The monoisotopic (exact) mass is 526 g/mol. The van der Waals surface area contributed by atoms with Crippen LogP contribution in [0.1, 0.15) is 71.3 Å². The maximum atomic E-state index is 14.4. The first-order valence-electron chi connectivity index (χ1n) is 14.3. The van der Waals surface area contributed by atoms with Gasteiger partial charge in [0.1, 0.15) is 11.5 Å². The zero-order valence-electron chi connectivity index (χ0n) is 23.5. The summed E-state index contributed by atoms with van der Waals surface area (Å²) in [7, 11) is 1.70.